The predicted molar refractivity (Wildman–Crippen MR) is 93.4 cm³/mol. The fourth-order valence-electron chi connectivity index (χ4n) is 3.17. The van der Waals surface area contributed by atoms with E-state index in [2.05, 4.69) is 11.1 Å². The van der Waals surface area contributed by atoms with E-state index in [1.807, 2.05) is 23.1 Å². The summed E-state index contributed by atoms with van der Waals surface area (Å²) in [7, 11) is 0. The number of carbonyl (C=O) groups excluding carboxylic acids is 2. The van der Waals surface area contributed by atoms with Crippen molar-refractivity contribution in [2.45, 2.75) is 25.8 Å². The molecule has 1 aliphatic heterocycles. The van der Waals surface area contributed by atoms with Crippen molar-refractivity contribution >= 4 is 33.2 Å². The highest BCUT2D eigenvalue weighted by Gasteiger charge is 2.33. The van der Waals surface area contributed by atoms with E-state index in [0.29, 0.717) is 17.8 Å². The summed E-state index contributed by atoms with van der Waals surface area (Å²) >= 11 is 1.65. The number of carbonyl (C=O) groups is 2. The molecule has 1 aromatic carbocycles. The Morgan fingerprint density at radius 3 is 2.92 bits per heavy atom. The van der Waals surface area contributed by atoms with Gasteiger partial charge in [0.1, 0.15) is 10.7 Å². The second-order valence-corrected chi connectivity index (χ2v) is 7.10. The van der Waals surface area contributed by atoms with Gasteiger partial charge in [-0.15, -0.1) is 11.3 Å². The number of hydrogen-bond acceptors (Lipinski definition) is 4. The molecule has 0 spiro atoms. The van der Waals surface area contributed by atoms with Gasteiger partial charge in [0.05, 0.1) is 16.3 Å². The van der Waals surface area contributed by atoms with Crippen molar-refractivity contribution in [2.24, 2.45) is 0 Å². The number of aromatic amines is 1. The molecule has 1 fully saturated rings. The minimum Gasteiger partial charge on any atom is -0.356 e. The zero-order valence-corrected chi connectivity index (χ0v) is 14.1. The lowest BCUT2D eigenvalue weighted by molar-refractivity contribution is 0.0730. The largest absolute Gasteiger partial charge is 0.356 e. The normalized spacial score (nSPS) is 17.5. The Kier molecular flexibility index (Phi) is 3.69. The fraction of sp³-hybridized carbons (Fsp3) is 0.278. The van der Waals surface area contributed by atoms with Crippen LogP contribution in [-0.2, 0) is 0 Å². The Hall–Kier alpha value is -2.47. The molecule has 1 aliphatic rings. The maximum absolute atomic E-state index is 12.8. The van der Waals surface area contributed by atoms with E-state index in [0.717, 1.165) is 28.1 Å². The molecule has 1 amide bonds. The maximum atomic E-state index is 12.8. The summed E-state index contributed by atoms with van der Waals surface area (Å²) in [4.78, 5) is 33.8. The smallest absolute Gasteiger partial charge is 0.270 e. The number of likely N-dealkylation sites (tertiary alicyclic amines) is 1. The Morgan fingerprint density at radius 1 is 1.33 bits per heavy atom. The SMILES string of the molecule is CC(=O)c1c[nH]c(C(=O)N2CCCC2c2nc3ccccc3s2)c1. The van der Waals surface area contributed by atoms with Gasteiger partial charge in [0, 0.05) is 18.3 Å². The first-order chi connectivity index (χ1) is 11.6. The third kappa shape index (κ3) is 2.53. The van der Waals surface area contributed by atoms with Crippen molar-refractivity contribution in [1.82, 2.24) is 14.9 Å². The summed E-state index contributed by atoms with van der Waals surface area (Å²) in [6.45, 7) is 2.21. The van der Waals surface area contributed by atoms with Crippen molar-refractivity contribution in [3.05, 3.63) is 52.8 Å². The molecule has 24 heavy (non-hydrogen) atoms. The fourth-order valence-corrected chi connectivity index (χ4v) is 4.29. The van der Waals surface area contributed by atoms with Crippen molar-refractivity contribution in [3.8, 4) is 0 Å². The first kappa shape index (κ1) is 15.1. The standard InChI is InChI=1S/C18H17N3O2S/c1-11(22)12-9-14(19-10-12)18(23)21-8-4-6-15(21)17-20-13-5-2-3-7-16(13)24-17/h2-3,5,7,9-10,15,19H,4,6,8H2,1H3. The van der Waals surface area contributed by atoms with Crippen molar-refractivity contribution in [1.29, 1.82) is 0 Å². The third-order valence-electron chi connectivity index (χ3n) is 4.43. The topological polar surface area (TPSA) is 66.1 Å². The Balaban J connectivity index is 1.64. The molecule has 0 bridgehead atoms. The van der Waals surface area contributed by atoms with Gasteiger partial charge in [-0.25, -0.2) is 4.98 Å². The minimum absolute atomic E-state index is 0.0129. The molecule has 0 aliphatic carbocycles. The van der Waals surface area contributed by atoms with Crippen molar-refractivity contribution in [2.75, 3.05) is 6.54 Å². The molecule has 1 atom stereocenters. The lowest BCUT2D eigenvalue weighted by Crippen LogP contribution is -2.30. The van der Waals surface area contributed by atoms with E-state index in [9.17, 15) is 9.59 Å². The molecule has 3 heterocycles. The van der Waals surface area contributed by atoms with Gasteiger partial charge < -0.3 is 9.88 Å². The van der Waals surface area contributed by atoms with E-state index in [1.54, 1.807) is 23.6 Å². The van der Waals surface area contributed by atoms with Gasteiger partial charge in [-0.05, 0) is 38.0 Å². The van der Waals surface area contributed by atoms with Gasteiger partial charge in [-0.1, -0.05) is 12.1 Å². The molecule has 0 radical (unpaired) electrons. The lowest BCUT2D eigenvalue weighted by atomic mass is 10.2. The number of H-pyrrole nitrogens is 1. The number of Topliss-reactive ketones (excluding diaryl/α,β-unsaturated/α-hetero) is 1. The number of benzene rings is 1. The van der Waals surface area contributed by atoms with Crippen LogP contribution in [0, 0.1) is 0 Å². The molecule has 5 nitrogen and oxygen atoms in total. The summed E-state index contributed by atoms with van der Waals surface area (Å²) in [6, 6.07) is 9.69. The number of ketones is 1. The maximum Gasteiger partial charge on any atom is 0.270 e. The van der Waals surface area contributed by atoms with Crippen LogP contribution in [0.5, 0.6) is 0 Å². The number of rotatable bonds is 3. The number of nitrogens with one attached hydrogen (secondary N) is 1. The predicted octanol–water partition coefficient (Wildman–Crippen LogP) is 3.80. The van der Waals surface area contributed by atoms with E-state index in [1.165, 1.54) is 6.92 Å². The van der Waals surface area contributed by atoms with Crippen LogP contribution in [0.3, 0.4) is 0 Å². The number of nitrogens with zero attached hydrogens (tertiary/aromatic N) is 2. The summed E-state index contributed by atoms with van der Waals surface area (Å²) < 4.78 is 1.14. The van der Waals surface area contributed by atoms with Crippen molar-refractivity contribution in [3.63, 3.8) is 0 Å². The molecule has 122 valence electrons. The van der Waals surface area contributed by atoms with Crippen LogP contribution in [0.1, 0.15) is 51.7 Å². The summed E-state index contributed by atoms with van der Waals surface area (Å²) in [5, 5.41) is 0.986. The monoisotopic (exact) mass is 339 g/mol. The van der Waals surface area contributed by atoms with E-state index in [4.69, 9.17) is 4.98 Å². The Bertz CT molecular complexity index is 894. The molecular weight excluding hydrogens is 322 g/mol. The highest BCUT2D eigenvalue weighted by molar-refractivity contribution is 7.18. The Labute approximate surface area is 143 Å². The number of thiazole rings is 1. The van der Waals surface area contributed by atoms with E-state index in [-0.39, 0.29) is 17.7 Å². The number of fused-ring (bicyclic) bond motifs is 1. The summed E-state index contributed by atoms with van der Waals surface area (Å²) in [5.41, 5.74) is 1.98. The zero-order valence-electron chi connectivity index (χ0n) is 13.3. The van der Waals surface area contributed by atoms with Crippen LogP contribution in [0.15, 0.2) is 36.5 Å². The number of aromatic nitrogens is 2. The van der Waals surface area contributed by atoms with Gasteiger partial charge in [-0.3, -0.25) is 9.59 Å². The summed E-state index contributed by atoms with van der Waals surface area (Å²) in [5.74, 6) is -0.112. The average Bonchev–Trinajstić information content (AvgIpc) is 3.30. The first-order valence-electron chi connectivity index (χ1n) is 7.99. The second-order valence-electron chi connectivity index (χ2n) is 6.03. The molecule has 3 aromatic rings. The van der Waals surface area contributed by atoms with Crippen molar-refractivity contribution < 1.29 is 9.59 Å². The number of hydrogen-bond donors (Lipinski definition) is 1. The van der Waals surface area contributed by atoms with Gasteiger partial charge in [-0.2, -0.15) is 0 Å². The quantitative estimate of drug-likeness (QED) is 0.738. The number of para-hydroxylation sites is 1. The highest BCUT2D eigenvalue weighted by atomic mass is 32.1. The van der Waals surface area contributed by atoms with Crippen LogP contribution in [0.4, 0.5) is 0 Å². The van der Waals surface area contributed by atoms with Gasteiger partial charge >= 0.3 is 0 Å². The van der Waals surface area contributed by atoms with Gasteiger partial charge in [0.25, 0.3) is 5.91 Å². The van der Waals surface area contributed by atoms with Crippen LogP contribution in [-0.4, -0.2) is 33.1 Å². The molecule has 1 saturated heterocycles. The molecule has 4 rings (SSSR count). The van der Waals surface area contributed by atoms with E-state index >= 15 is 0 Å². The van der Waals surface area contributed by atoms with Crippen LogP contribution >= 0.6 is 11.3 Å². The number of amides is 1. The zero-order chi connectivity index (χ0) is 16.7. The first-order valence-corrected chi connectivity index (χ1v) is 8.81. The van der Waals surface area contributed by atoms with Crippen LogP contribution in [0.2, 0.25) is 0 Å². The third-order valence-corrected chi connectivity index (χ3v) is 5.57. The van der Waals surface area contributed by atoms with Crippen LogP contribution in [0.25, 0.3) is 10.2 Å². The Morgan fingerprint density at radius 2 is 2.17 bits per heavy atom. The minimum atomic E-state index is -0.0655. The highest BCUT2D eigenvalue weighted by Crippen LogP contribution is 2.37. The molecule has 0 saturated carbocycles. The lowest BCUT2D eigenvalue weighted by Gasteiger charge is -2.22. The molecule has 6 heteroatoms. The second kappa shape index (κ2) is 5.87. The average molecular weight is 339 g/mol. The molecular formula is C18H17N3O2S. The molecule has 1 N–H and O–H groups in total. The molecule has 2 aromatic heterocycles. The van der Waals surface area contributed by atoms with E-state index < -0.39 is 0 Å². The van der Waals surface area contributed by atoms with Gasteiger partial charge in [0.2, 0.25) is 0 Å². The molecule has 1 unspecified atom stereocenters. The summed E-state index contributed by atoms with van der Waals surface area (Å²) in [6.07, 6.45) is 3.48. The van der Waals surface area contributed by atoms with Gasteiger partial charge in [0.15, 0.2) is 5.78 Å². The van der Waals surface area contributed by atoms with Crippen LogP contribution < -0.4 is 0 Å².